The Morgan fingerprint density at radius 3 is 2.71 bits per heavy atom. The molecule has 148 valence electrons. The minimum absolute atomic E-state index is 0.139. The molecule has 2 N–H and O–H groups in total. The number of hydrogen-bond acceptors (Lipinski definition) is 5. The van der Waals surface area contributed by atoms with E-state index in [0.717, 1.165) is 25.5 Å². The summed E-state index contributed by atoms with van der Waals surface area (Å²) in [5.74, 6) is -0.173. The second-order valence-electron chi connectivity index (χ2n) is 6.52. The van der Waals surface area contributed by atoms with Crippen LogP contribution in [0.4, 0.5) is 10.3 Å². The lowest BCUT2D eigenvalue weighted by Crippen LogP contribution is -2.28. The Balaban J connectivity index is 1.90. The van der Waals surface area contributed by atoms with Gasteiger partial charge in [-0.3, -0.25) is 4.79 Å². The standard InChI is InChI=1S/C21H26FN5O/c1-4-16(11-18(22)5-2)12-24-20(28)9-8-19(23)17-13-25-21(26-14-17)27-10-6-7-15(27)3/h4-5,8-9,11,13-15,23H,2,6-7,10,12H2,1,3H3,(H,24,28)/b9-8-,16-4+,18-11+,23-19?. The van der Waals surface area contributed by atoms with Gasteiger partial charge in [0, 0.05) is 43.2 Å². The summed E-state index contributed by atoms with van der Waals surface area (Å²) >= 11 is 0. The number of nitrogens with zero attached hydrogens (tertiary/aromatic N) is 3. The number of hydrogen-bond donors (Lipinski definition) is 2. The summed E-state index contributed by atoms with van der Waals surface area (Å²) in [7, 11) is 0. The zero-order valence-electron chi connectivity index (χ0n) is 16.3. The molecule has 1 atom stereocenters. The van der Waals surface area contributed by atoms with Crippen molar-refractivity contribution in [3.63, 3.8) is 0 Å². The van der Waals surface area contributed by atoms with E-state index in [4.69, 9.17) is 5.41 Å². The minimum atomic E-state index is -0.466. The van der Waals surface area contributed by atoms with Crippen LogP contribution in [0.5, 0.6) is 0 Å². The number of allylic oxidation sites excluding steroid dienone is 4. The number of carbonyl (C=O) groups excluding carboxylic acids is 1. The second-order valence-corrected chi connectivity index (χ2v) is 6.52. The molecule has 2 rings (SSSR count). The summed E-state index contributed by atoms with van der Waals surface area (Å²) in [4.78, 5) is 22.8. The van der Waals surface area contributed by atoms with Crippen molar-refractivity contribution < 1.29 is 9.18 Å². The average molecular weight is 383 g/mol. The maximum atomic E-state index is 13.2. The minimum Gasteiger partial charge on any atom is -0.348 e. The molecule has 2 heterocycles. The van der Waals surface area contributed by atoms with E-state index < -0.39 is 5.83 Å². The first kappa shape index (κ1) is 21.2. The fourth-order valence-electron chi connectivity index (χ4n) is 2.81. The first-order valence-electron chi connectivity index (χ1n) is 9.23. The summed E-state index contributed by atoms with van der Waals surface area (Å²) in [5.41, 5.74) is 1.29. The highest BCUT2D eigenvalue weighted by Gasteiger charge is 2.22. The third kappa shape index (κ3) is 5.97. The molecule has 1 amide bonds. The number of nitrogens with one attached hydrogen (secondary N) is 2. The molecule has 0 spiro atoms. The van der Waals surface area contributed by atoms with Gasteiger partial charge in [-0.2, -0.15) is 0 Å². The van der Waals surface area contributed by atoms with Crippen molar-refractivity contribution in [3.05, 3.63) is 66.3 Å². The van der Waals surface area contributed by atoms with Crippen molar-refractivity contribution in [2.45, 2.75) is 32.7 Å². The third-order valence-electron chi connectivity index (χ3n) is 4.52. The molecule has 1 aliphatic heterocycles. The summed E-state index contributed by atoms with van der Waals surface area (Å²) in [6.07, 6.45) is 12.2. The Labute approximate surface area is 165 Å². The van der Waals surface area contributed by atoms with Crippen LogP contribution < -0.4 is 10.2 Å². The van der Waals surface area contributed by atoms with Gasteiger partial charge >= 0.3 is 0 Å². The van der Waals surface area contributed by atoms with E-state index in [-0.39, 0.29) is 18.2 Å². The normalized spacial score (nSPS) is 17.8. The summed E-state index contributed by atoms with van der Waals surface area (Å²) < 4.78 is 13.2. The van der Waals surface area contributed by atoms with Crippen molar-refractivity contribution in [2.24, 2.45) is 0 Å². The van der Waals surface area contributed by atoms with Crippen LogP contribution in [-0.2, 0) is 4.79 Å². The number of anilines is 1. The molecule has 0 aromatic carbocycles. The maximum absolute atomic E-state index is 13.2. The highest BCUT2D eigenvalue weighted by molar-refractivity contribution is 6.08. The van der Waals surface area contributed by atoms with Crippen molar-refractivity contribution >= 4 is 17.6 Å². The summed E-state index contributed by atoms with van der Waals surface area (Å²) in [6, 6.07) is 0.422. The topological polar surface area (TPSA) is 82.0 Å². The molecule has 0 radical (unpaired) electrons. The van der Waals surface area contributed by atoms with Crippen LogP contribution in [-0.4, -0.2) is 40.7 Å². The van der Waals surface area contributed by atoms with E-state index >= 15 is 0 Å². The Hall–Kier alpha value is -3.09. The van der Waals surface area contributed by atoms with Gasteiger partial charge in [-0.1, -0.05) is 12.7 Å². The van der Waals surface area contributed by atoms with Gasteiger partial charge in [0.05, 0.1) is 5.71 Å². The monoisotopic (exact) mass is 383 g/mol. The lowest BCUT2D eigenvalue weighted by Gasteiger charge is -2.20. The molecular formula is C21H26FN5O. The van der Waals surface area contributed by atoms with Gasteiger partial charge in [0.15, 0.2) is 0 Å². The molecule has 1 aromatic heterocycles. The van der Waals surface area contributed by atoms with Crippen LogP contribution in [0.15, 0.2) is 60.8 Å². The van der Waals surface area contributed by atoms with Crippen LogP contribution in [0, 0.1) is 5.41 Å². The molecule has 1 saturated heterocycles. The predicted octanol–water partition coefficient (Wildman–Crippen LogP) is 3.49. The third-order valence-corrected chi connectivity index (χ3v) is 4.52. The zero-order valence-corrected chi connectivity index (χ0v) is 16.3. The Morgan fingerprint density at radius 2 is 2.14 bits per heavy atom. The van der Waals surface area contributed by atoms with Gasteiger partial charge in [-0.25, -0.2) is 14.4 Å². The van der Waals surface area contributed by atoms with Crippen LogP contribution >= 0.6 is 0 Å². The van der Waals surface area contributed by atoms with Crippen molar-refractivity contribution in [2.75, 3.05) is 18.0 Å². The van der Waals surface area contributed by atoms with Crippen LogP contribution in [0.25, 0.3) is 0 Å². The summed E-state index contributed by atoms with van der Waals surface area (Å²) in [6.45, 7) is 8.37. The molecular weight excluding hydrogens is 357 g/mol. The lowest BCUT2D eigenvalue weighted by molar-refractivity contribution is -0.116. The van der Waals surface area contributed by atoms with E-state index in [2.05, 4.69) is 33.7 Å². The molecule has 0 aliphatic carbocycles. The Kier molecular flexibility index (Phi) is 7.80. The number of rotatable bonds is 8. The SMILES string of the molecule is C=C/C(F)=C\C(=C/C)CNC(=O)/C=C\C(=N)c1cnc(N2CCCC2C)nc1. The van der Waals surface area contributed by atoms with E-state index in [1.165, 1.54) is 18.2 Å². The first-order valence-corrected chi connectivity index (χ1v) is 9.23. The molecule has 1 fully saturated rings. The van der Waals surface area contributed by atoms with E-state index in [1.54, 1.807) is 25.4 Å². The molecule has 7 heteroatoms. The zero-order chi connectivity index (χ0) is 20.5. The van der Waals surface area contributed by atoms with Gasteiger partial charge < -0.3 is 15.6 Å². The molecule has 0 saturated carbocycles. The van der Waals surface area contributed by atoms with Crippen molar-refractivity contribution in [1.82, 2.24) is 15.3 Å². The van der Waals surface area contributed by atoms with E-state index in [0.29, 0.717) is 23.1 Å². The van der Waals surface area contributed by atoms with Crippen LogP contribution in [0.3, 0.4) is 0 Å². The van der Waals surface area contributed by atoms with E-state index in [1.807, 2.05) is 0 Å². The van der Waals surface area contributed by atoms with Crippen LogP contribution in [0.1, 0.15) is 32.3 Å². The number of carbonyl (C=O) groups is 1. The van der Waals surface area contributed by atoms with Gasteiger partial charge in [0.2, 0.25) is 11.9 Å². The van der Waals surface area contributed by atoms with Gasteiger partial charge in [-0.15, -0.1) is 0 Å². The molecule has 0 bridgehead atoms. The fourth-order valence-corrected chi connectivity index (χ4v) is 2.81. The molecule has 1 aromatic rings. The Bertz CT molecular complexity index is 811. The maximum Gasteiger partial charge on any atom is 0.244 e. The second kappa shape index (κ2) is 10.3. The van der Waals surface area contributed by atoms with E-state index in [9.17, 15) is 9.18 Å². The Morgan fingerprint density at radius 1 is 1.43 bits per heavy atom. The molecule has 28 heavy (non-hydrogen) atoms. The average Bonchev–Trinajstić information content (AvgIpc) is 3.14. The number of amides is 1. The van der Waals surface area contributed by atoms with Crippen molar-refractivity contribution in [3.8, 4) is 0 Å². The number of halogens is 1. The highest BCUT2D eigenvalue weighted by Crippen LogP contribution is 2.21. The molecule has 1 unspecified atom stereocenters. The first-order chi connectivity index (χ1) is 13.4. The highest BCUT2D eigenvalue weighted by atomic mass is 19.1. The van der Waals surface area contributed by atoms with Gasteiger partial charge in [0.1, 0.15) is 5.83 Å². The number of aromatic nitrogens is 2. The smallest absolute Gasteiger partial charge is 0.244 e. The fraction of sp³-hybridized carbons (Fsp3) is 0.333. The molecule has 1 aliphatic rings. The van der Waals surface area contributed by atoms with Gasteiger partial charge in [0.25, 0.3) is 0 Å². The molecule has 6 nitrogen and oxygen atoms in total. The van der Waals surface area contributed by atoms with Gasteiger partial charge in [-0.05, 0) is 50.5 Å². The van der Waals surface area contributed by atoms with Crippen molar-refractivity contribution in [1.29, 1.82) is 5.41 Å². The van der Waals surface area contributed by atoms with Crippen LogP contribution in [0.2, 0.25) is 0 Å². The largest absolute Gasteiger partial charge is 0.348 e. The summed E-state index contributed by atoms with van der Waals surface area (Å²) in [5, 5.41) is 10.7. The lowest BCUT2D eigenvalue weighted by atomic mass is 10.2. The quantitative estimate of drug-likeness (QED) is 0.409. The predicted molar refractivity (Wildman–Crippen MR) is 110 cm³/mol.